The molecule has 0 aromatic heterocycles. The fourth-order valence-electron chi connectivity index (χ4n) is 5.60. The number of anilines is 2. The van der Waals surface area contributed by atoms with Crippen molar-refractivity contribution in [1.82, 2.24) is 0 Å². The van der Waals surface area contributed by atoms with Gasteiger partial charge in [-0.05, 0) is 92.0 Å². The zero-order valence-electron chi connectivity index (χ0n) is 18.9. The second-order valence-electron chi connectivity index (χ2n) is 9.41. The van der Waals surface area contributed by atoms with E-state index in [4.69, 9.17) is 5.11 Å². The Morgan fingerprint density at radius 3 is 2.38 bits per heavy atom. The summed E-state index contributed by atoms with van der Waals surface area (Å²) < 4.78 is 29.1. The Kier molecular flexibility index (Phi) is 7.65. The lowest BCUT2D eigenvalue weighted by molar-refractivity contribution is -0.138. The van der Waals surface area contributed by atoms with E-state index >= 15 is 0 Å². The number of carboxylic acids is 1. The van der Waals surface area contributed by atoms with Crippen LogP contribution in [0.5, 0.6) is 5.75 Å². The minimum atomic E-state index is -2.93. The molecule has 2 fully saturated rings. The molecule has 4 unspecified atom stereocenters. The van der Waals surface area contributed by atoms with Crippen LogP contribution in [0, 0.1) is 17.8 Å². The van der Waals surface area contributed by atoms with E-state index in [1.165, 1.54) is 23.8 Å². The maximum atomic E-state index is 12.4. The van der Waals surface area contributed by atoms with E-state index in [1.54, 1.807) is 6.07 Å². The van der Waals surface area contributed by atoms with Gasteiger partial charge in [0.1, 0.15) is 5.75 Å². The lowest BCUT2D eigenvalue weighted by Gasteiger charge is -2.42. The van der Waals surface area contributed by atoms with Crippen LogP contribution >= 0.6 is 0 Å². The van der Waals surface area contributed by atoms with Gasteiger partial charge < -0.3 is 20.5 Å². The fourth-order valence-corrected chi connectivity index (χ4v) is 5.60. The Morgan fingerprint density at radius 2 is 1.65 bits per heavy atom. The molecule has 0 heterocycles. The van der Waals surface area contributed by atoms with E-state index in [1.807, 2.05) is 24.3 Å². The second-order valence-corrected chi connectivity index (χ2v) is 9.41. The van der Waals surface area contributed by atoms with Crippen LogP contribution in [0.25, 0.3) is 0 Å². The molecule has 4 rings (SSSR count). The van der Waals surface area contributed by atoms with Crippen LogP contribution in [0.4, 0.5) is 25.0 Å². The van der Waals surface area contributed by atoms with Crippen molar-refractivity contribution in [2.24, 2.45) is 17.8 Å². The molecule has 2 aliphatic carbocycles. The van der Waals surface area contributed by atoms with Gasteiger partial charge >= 0.3 is 18.6 Å². The second kappa shape index (κ2) is 10.8. The molecular formula is C26H30F2N2O4. The van der Waals surface area contributed by atoms with Gasteiger partial charge in [0.25, 0.3) is 0 Å². The topological polar surface area (TPSA) is 87.7 Å². The maximum Gasteiger partial charge on any atom is 0.387 e. The predicted octanol–water partition coefficient (Wildman–Crippen LogP) is 6.71. The van der Waals surface area contributed by atoms with Crippen molar-refractivity contribution >= 4 is 23.4 Å². The summed E-state index contributed by atoms with van der Waals surface area (Å²) in [5.41, 5.74) is 2.25. The summed E-state index contributed by atoms with van der Waals surface area (Å²) in [7, 11) is 0. The average molecular weight is 473 g/mol. The summed E-state index contributed by atoms with van der Waals surface area (Å²) >= 11 is 0. The highest BCUT2D eigenvalue weighted by molar-refractivity contribution is 5.99. The first kappa shape index (κ1) is 24.0. The largest absolute Gasteiger partial charge is 0.481 e. The number of rotatable bonds is 7. The third-order valence-corrected chi connectivity index (χ3v) is 7.14. The van der Waals surface area contributed by atoms with Crippen LogP contribution in [0.3, 0.4) is 0 Å². The SMILES string of the molecule is O=C(O)CC1CCC2CC(c3ccc(NC(=O)Nc4cccc(OC(F)F)c4)cc3)CCC2C1. The molecule has 182 valence electrons. The first-order chi connectivity index (χ1) is 16.4. The van der Waals surface area contributed by atoms with Crippen molar-refractivity contribution in [3.05, 3.63) is 54.1 Å². The van der Waals surface area contributed by atoms with Gasteiger partial charge in [0.05, 0.1) is 0 Å². The molecule has 6 nitrogen and oxygen atoms in total. The van der Waals surface area contributed by atoms with E-state index in [-0.39, 0.29) is 5.75 Å². The van der Waals surface area contributed by atoms with Gasteiger partial charge in [-0.1, -0.05) is 18.2 Å². The molecule has 4 atom stereocenters. The number of amides is 2. The number of carboxylic acid groups (broad SMARTS) is 1. The van der Waals surface area contributed by atoms with Gasteiger partial charge in [-0.3, -0.25) is 4.79 Å². The van der Waals surface area contributed by atoms with Crippen molar-refractivity contribution in [1.29, 1.82) is 0 Å². The number of carbonyl (C=O) groups excluding carboxylic acids is 1. The highest BCUT2D eigenvalue weighted by Crippen LogP contribution is 2.48. The molecule has 2 aromatic rings. The van der Waals surface area contributed by atoms with E-state index in [0.717, 1.165) is 38.5 Å². The lowest BCUT2D eigenvalue weighted by atomic mass is 9.63. The Hall–Kier alpha value is -3.16. The number of nitrogens with one attached hydrogen (secondary N) is 2. The van der Waals surface area contributed by atoms with Crippen LogP contribution in [0.15, 0.2) is 48.5 Å². The van der Waals surface area contributed by atoms with Crippen LogP contribution in [-0.4, -0.2) is 23.7 Å². The Labute approximate surface area is 197 Å². The van der Waals surface area contributed by atoms with E-state index in [0.29, 0.717) is 41.5 Å². The van der Waals surface area contributed by atoms with Crippen molar-refractivity contribution in [2.45, 2.75) is 57.5 Å². The summed E-state index contributed by atoms with van der Waals surface area (Å²) in [6, 6.07) is 13.2. The lowest BCUT2D eigenvalue weighted by Crippen LogP contribution is -2.31. The van der Waals surface area contributed by atoms with Crippen LogP contribution in [0.1, 0.15) is 56.4 Å². The molecule has 0 saturated heterocycles. The van der Waals surface area contributed by atoms with Crippen LogP contribution < -0.4 is 15.4 Å². The third-order valence-electron chi connectivity index (χ3n) is 7.14. The minimum Gasteiger partial charge on any atom is -0.481 e. The summed E-state index contributed by atoms with van der Waals surface area (Å²) in [5, 5.41) is 14.5. The number of fused-ring (bicyclic) bond motifs is 1. The minimum absolute atomic E-state index is 0.0257. The standard InChI is InChI=1S/C26H30F2N2O4/c27-25(28)34-23-3-1-2-22(15-23)30-26(33)29-21-10-8-17(9-11-21)19-7-6-18-12-16(13-24(31)32)4-5-20(18)14-19/h1-3,8-11,15-16,18-20,25H,4-7,12-14H2,(H,31,32)(H2,29,30,33). The molecule has 2 saturated carbocycles. The Morgan fingerprint density at radius 1 is 0.941 bits per heavy atom. The van der Waals surface area contributed by atoms with Crippen LogP contribution in [0.2, 0.25) is 0 Å². The zero-order valence-corrected chi connectivity index (χ0v) is 18.9. The number of urea groups is 1. The molecule has 0 bridgehead atoms. The van der Waals surface area contributed by atoms with Crippen molar-refractivity contribution in [2.75, 3.05) is 10.6 Å². The number of hydrogen-bond donors (Lipinski definition) is 3. The highest BCUT2D eigenvalue weighted by Gasteiger charge is 2.36. The third kappa shape index (κ3) is 6.46. The van der Waals surface area contributed by atoms with Gasteiger partial charge in [0, 0.05) is 23.9 Å². The van der Waals surface area contributed by atoms with Gasteiger partial charge in [-0.15, -0.1) is 0 Å². The van der Waals surface area contributed by atoms with Gasteiger partial charge in [-0.25, -0.2) is 4.79 Å². The molecule has 0 aliphatic heterocycles. The normalized spacial score (nSPS) is 24.2. The number of hydrogen-bond acceptors (Lipinski definition) is 3. The smallest absolute Gasteiger partial charge is 0.387 e. The number of carbonyl (C=O) groups is 2. The van der Waals surface area contributed by atoms with E-state index in [2.05, 4.69) is 15.4 Å². The fraction of sp³-hybridized carbons (Fsp3) is 0.462. The summed E-state index contributed by atoms with van der Waals surface area (Å²) in [6.45, 7) is -2.93. The molecule has 3 N–H and O–H groups in total. The molecule has 0 spiro atoms. The average Bonchev–Trinajstić information content (AvgIpc) is 2.78. The number of ether oxygens (including phenoxy) is 1. The molecule has 2 aliphatic rings. The number of halogens is 2. The molecule has 8 heteroatoms. The van der Waals surface area contributed by atoms with Crippen LogP contribution in [-0.2, 0) is 4.79 Å². The maximum absolute atomic E-state index is 12.4. The monoisotopic (exact) mass is 472 g/mol. The Balaban J connectivity index is 1.28. The molecule has 0 radical (unpaired) electrons. The summed E-state index contributed by atoms with van der Waals surface area (Å²) in [5.74, 6) is 1.40. The van der Waals surface area contributed by atoms with Crippen molar-refractivity contribution < 1.29 is 28.2 Å². The molecule has 2 aromatic carbocycles. The van der Waals surface area contributed by atoms with Gasteiger partial charge in [0.2, 0.25) is 0 Å². The zero-order chi connectivity index (χ0) is 24.1. The highest BCUT2D eigenvalue weighted by atomic mass is 19.3. The number of aliphatic carboxylic acids is 1. The molecular weight excluding hydrogens is 442 g/mol. The molecule has 2 amide bonds. The molecule has 34 heavy (non-hydrogen) atoms. The number of alkyl halides is 2. The van der Waals surface area contributed by atoms with Crippen molar-refractivity contribution in [3.8, 4) is 5.75 Å². The van der Waals surface area contributed by atoms with Gasteiger partial charge in [-0.2, -0.15) is 8.78 Å². The predicted molar refractivity (Wildman–Crippen MR) is 125 cm³/mol. The van der Waals surface area contributed by atoms with E-state index in [9.17, 15) is 18.4 Å². The van der Waals surface area contributed by atoms with Crippen molar-refractivity contribution in [3.63, 3.8) is 0 Å². The summed E-state index contributed by atoms with van der Waals surface area (Å²) in [6.07, 6.45) is 6.84. The quantitative estimate of drug-likeness (QED) is 0.418. The summed E-state index contributed by atoms with van der Waals surface area (Å²) in [4.78, 5) is 23.3. The Bertz CT molecular complexity index is 999. The van der Waals surface area contributed by atoms with Gasteiger partial charge in [0.15, 0.2) is 0 Å². The first-order valence-electron chi connectivity index (χ1n) is 11.8. The first-order valence-corrected chi connectivity index (χ1v) is 11.8. The number of benzene rings is 2. The van der Waals surface area contributed by atoms with E-state index < -0.39 is 18.6 Å².